The summed E-state index contributed by atoms with van der Waals surface area (Å²) in [4.78, 5) is 16.8. The molecule has 0 aliphatic rings. The molecule has 146 valence electrons. The van der Waals surface area contributed by atoms with Crippen molar-refractivity contribution in [1.29, 1.82) is 0 Å². The lowest BCUT2D eigenvalue weighted by atomic mass is 10.1. The number of nitrogens with one attached hydrogen (secondary N) is 1. The molecule has 0 saturated carbocycles. The molecule has 3 rings (SSSR count). The maximum absolute atomic E-state index is 12.4. The molecule has 0 unspecified atom stereocenters. The molecule has 0 radical (unpaired) electrons. The Kier molecular flexibility index (Phi) is 5.66. The zero-order valence-corrected chi connectivity index (χ0v) is 17.2. The Bertz CT molecular complexity index is 1090. The molecule has 1 aromatic heterocycles. The van der Waals surface area contributed by atoms with Gasteiger partial charge in [0.1, 0.15) is 5.75 Å². The van der Waals surface area contributed by atoms with Gasteiger partial charge < -0.3 is 4.74 Å². The van der Waals surface area contributed by atoms with Gasteiger partial charge in [-0.3, -0.25) is 14.4 Å². The van der Waals surface area contributed by atoms with Crippen molar-refractivity contribution in [1.82, 2.24) is 4.98 Å². The molecule has 0 atom stereocenters. The number of nitrogens with zero attached hydrogens (tertiary/aromatic N) is 2. The van der Waals surface area contributed by atoms with E-state index < -0.39 is 10.0 Å². The van der Waals surface area contributed by atoms with E-state index in [1.54, 1.807) is 55.6 Å². The van der Waals surface area contributed by atoms with Crippen molar-refractivity contribution in [2.24, 2.45) is 0 Å². The Morgan fingerprint density at radius 1 is 1.18 bits per heavy atom. The SMILES string of the molecule is COc1cccc(C(=O)Nc2nc(-c3ccc(N(C)S(C)(=O)=O)cc3)cs2)c1. The third-order valence-corrected chi connectivity index (χ3v) is 6.04. The number of rotatable bonds is 6. The molecule has 1 amide bonds. The summed E-state index contributed by atoms with van der Waals surface area (Å²) in [5.74, 6) is 0.330. The van der Waals surface area contributed by atoms with Crippen molar-refractivity contribution in [2.45, 2.75) is 0 Å². The maximum Gasteiger partial charge on any atom is 0.257 e. The fraction of sp³-hybridized carbons (Fsp3) is 0.158. The van der Waals surface area contributed by atoms with Gasteiger partial charge in [-0.05, 0) is 30.3 Å². The Hall–Kier alpha value is -2.91. The molecular formula is C19H19N3O4S2. The number of aromatic nitrogens is 1. The number of thiazole rings is 1. The third-order valence-electron chi connectivity index (χ3n) is 4.08. The van der Waals surface area contributed by atoms with Gasteiger partial charge in [-0.25, -0.2) is 13.4 Å². The number of methoxy groups -OCH3 is 1. The molecule has 1 N–H and O–H groups in total. The first-order valence-electron chi connectivity index (χ1n) is 8.23. The number of hydrogen-bond donors (Lipinski definition) is 1. The van der Waals surface area contributed by atoms with Crippen LogP contribution in [0.1, 0.15) is 10.4 Å². The maximum atomic E-state index is 12.4. The first-order chi connectivity index (χ1) is 13.3. The molecule has 1 heterocycles. The molecule has 2 aromatic carbocycles. The number of ether oxygens (including phenoxy) is 1. The van der Waals surface area contributed by atoms with Crippen molar-refractivity contribution in [3.05, 3.63) is 59.5 Å². The van der Waals surface area contributed by atoms with E-state index in [1.807, 2.05) is 5.38 Å². The smallest absolute Gasteiger partial charge is 0.257 e. The van der Waals surface area contributed by atoms with Crippen molar-refractivity contribution < 1.29 is 17.9 Å². The summed E-state index contributed by atoms with van der Waals surface area (Å²) in [7, 11) is -0.267. The first-order valence-corrected chi connectivity index (χ1v) is 11.0. The number of carbonyl (C=O) groups is 1. The van der Waals surface area contributed by atoms with Gasteiger partial charge in [-0.1, -0.05) is 18.2 Å². The van der Waals surface area contributed by atoms with Crippen LogP contribution in [0.15, 0.2) is 53.9 Å². The molecular weight excluding hydrogens is 398 g/mol. The minimum absolute atomic E-state index is 0.273. The normalized spacial score (nSPS) is 11.1. The molecule has 7 nitrogen and oxygen atoms in total. The van der Waals surface area contributed by atoms with Crippen LogP contribution >= 0.6 is 11.3 Å². The molecule has 0 aliphatic heterocycles. The highest BCUT2D eigenvalue weighted by molar-refractivity contribution is 7.92. The van der Waals surface area contributed by atoms with Crippen molar-refractivity contribution in [3.63, 3.8) is 0 Å². The molecule has 0 spiro atoms. The molecule has 3 aromatic rings. The predicted octanol–water partition coefficient (Wildman–Crippen LogP) is 3.47. The molecule has 0 fully saturated rings. The second-order valence-corrected chi connectivity index (χ2v) is 8.87. The monoisotopic (exact) mass is 417 g/mol. The second-order valence-electron chi connectivity index (χ2n) is 6.00. The van der Waals surface area contributed by atoms with E-state index in [4.69, 9.17) is 4.74 Å². The highest BCUT2D eigenvalue weighted by Crippen LogP contribution is 2.27. The standard InChI is InChI=1S/C19H19N3O4S2/c1-22(28(3,24)25)15-9-7-13(8-10-15)17-12-27-19(20-17)21-18(23)14-5-4-6-16(11-14)26-2/h4-12H,1-3H3,(H,20,21,23). The number of carbonyl (C=O) groups excluding carboxylic acids is 1. The van der Waals surface area contributed by atoms with Crippen LogP contribution in [-0.4, -0.2) is 39.7 Å². The summed E-state index contributed by atoms with van der Waals surface area (Å²) in [5.41, 5.74) is 2.56. The number of sulfonamides is 1. The van der Waals surface area contributed by atoms with Crippen LogP contribution in [0.3, 0.4) is 0 Å². The molecule has 9 heteroatoms. The van der Waals surface area contributed by atoms with E-state index in [-0.39, 0.29) is 5.91 Å². The fourth-order valence-corrected chi connectivity index (χ4v) is 3.65. The van der Waals surface area contributed by atoms with Crippen LogP contribution in [0, 0.1) is 0 Å². The summed E-state index contributed by atoms with van der Waals surface area (Å²) in [6.45, 7) is 0. The zero-order valence-electron chi connectivity index (χ0n) is 15.5. The lowest BCUT2D eigenvalue weighted by Crippen LogP contribution is -2.24. The topological polar surface area (TPSA) is 88.6 Å². The predicted molar refractivity (Wildman–Crippen MR) is 112 cm³/mol. The lowest BCUT2D eigenvalue weighted by Gasteiger charge is -2.16. The summed E-state index contributed by atoms with van der Waals surface area (Å²) in [6, 6.07) is 13.9. The highest BCUT2D eigenvalue weighted by Gasteiger charge is 2.13. The van der Waals surface area contributed by atoms with E-state index in [0.717, 1.165) is 11.8 Å². The van der Waals surface area contributed by atoms with E-state index in [2.05, 4.69) is 10.3 Å². The quantitative estimate of drug-likeness (QED) is 0.663. The molecule has 0 aliphatic carbocycles. The van der Waals surface area contributed by atoms with Crippen LogP contribution < -0.4 is 14.4 Å². The van der Waals surface area contributed by atoms with Crippen molar-refractivity contribution in [2.75, 3.05) is 30.0 Å². The summed E-state index contributed by atoms with van der Waals surface area (Å²) in [5, 5.41) is 5.08. The second kappa shape index (κ2) is 7.99. The summed E-state index contributed by atoms with van der Waals surface area (Å²) in [6.07, 6.45) is 1.15. The van der Waals surface area contributed by atoms with Crippen LogP contribution in [0.2, 0.25) is 0 Å². The number of amides is 1. The van der Waals surface area contributed by atoms with Crippen LogP contribution in [0.25, 0.3) is 11.3 Å². The Morgan fingerprint density at radius 2 is 1.89 bits per heavy atom. The summed E-state index contributed by atoms with van der Waals surface area (Å²) >= 11 is 1.31. The minimum Gasteiger partial charge on any atom is -0.497 e. The minimum atomic E-state index is -3.31. The first kappa shape index (κ1) is 19.8. The van der Waals surface area contributed by atoms with Crippen molar-refractivity contribution >= 4 is 38.1 Å². The lowest BCUT2D eigenvalue weighted by molar-refractivity contribution is 0.102. The van der Waals surface area contributed by atoms with Gasteiger partial charge in [0.15, 0.2) is 5.13 Å². The van der Waals surface area contributed by atoms with Gasteiger partial charge in [0.05, 0.1) is 24.7 Å². The highest BCUT2D eigenvalue weighted by atomic mass is 32.2. The fourth-order valence-electron chi connectivity index (χ4n) is 2.43. The van der Waals surface area contributed by atoms with Gasteiger partial charge in [-0.15, -0.1) is 11.3 Å². The van der Waals surface area contributed by atoms with E-state index in [9.17, 15) is 13.2 Å². The third kappa shape index (κ3) is 4.49. The van der Waals surface area contributed by atoms with Gasteiger partial charge in [0.25, 0.3) is 5.91 Å². The summed E-state index contributed by atoms with van der Waals surface area (Å²) < 4.78 is 29.6. The molecule has 0 bridgehead atoms. The average molecular weight is 418 g/mol. The number of anilines is 2. The van der Waals surface area contributed by atoms with Gasteiger partial charge in [0.2, 0.25) is 10.0 Å². The number of benzene rings is 2. The Balaban J connectivity index is 1.74. The van der Waals surface area contributed by atoms with E-state index >= 15 is 0 Å². The van der Waals surface area contributed by atoms with Crippen molar-refractivity contribution in [3.8, 4) is 17.0 Å². The van der Waals surface area contributed by atoms with Crippen LogP contribution in [0.5, 0.6) is 5.75 Å². The molecule has 28 heavy (non-hydrogen) atoms. The van der Waals surface area contributed by atoms with Gasteiger partial charge >= 0.3 is 0 Å². The average Bonchev–Trinajstić information content (AvgIpc) is 3.15. The van der Waals surface area contributed by atoms with E-state index in [0.29, 0.717) is 27.8 Å². The number of hydrogen-bond acceptors (Lipinski definition) is 6. The van der Waals surface area contributed by atoms with Gasteiger partial charge in [-0.2, -0.15) is 0 Å². The molecule has 0 saturated heterocycles. The Morgan fingerprint density at radius 3 is 2.54 bits per heavy atom. The van der Waals surface area contributed by atoms with Crippen LogP contribution in [0.4, 0.5) is 10.8 Å². The van der Waals surface area contributed by atoms with Crippen LogP contribution in [-0.2, 0) is 10.0 Å². The Labute approximate surface area is 167 Å². The zero-order chi connectivity index (χ0) is 20.3. The van der Waals surface area contributed by atoms with Gasteiger partial charge in [0, 0.05) is 23.6 Å². The van der Waals surface area contributed by atoms with E-state index in [1.165, 1.54) is 22.7 Å². The largest absolute Gasteiger partial charge is 0.497 e.